The molecule has 2 heterocycles. The number of ether oxygens (including phenoxy) is 1. The van der Waals surface area contributed by atoms with E-state index in [1.54, 1.807) is 36.4 Å². The van der Waals surface area contributed by atoms with E-state index in [0.717, 1.165) is 16.6 Å². The van der Waals surface area contributed by atoms with Crippen LogP contribution in [0, 0.1) is 0 Å². The summed E-state index contributed by atoms with van der Waals surface area (Å²) in [6.07, 6.45) is 1.71. The van der Waals surface area contributed by atoms with Crippen LogP contribution in [0.25, 0.3) is 6.08 Å². The Morgan fingerprint density at radius 1 is 1.23 bits per heavy atom. The molecular weight excluding hydrogens is 508 g/mol. The molecular formula is C24H19ClN4O4S2. The summed E-state index contributed by atoms with van der Waals surface area (Å²) in [6, 6.07) is 15.0. The Morgan fingerprint density at radius 2 is 2.00 bits per heavy atom. The number of methoxy groups -OCH3 is 1. The summed E-state index contributed by atoms with van der Waals surface area (Å²) in [5.74, 6) is -0.710. The molecule has 0 bridgehead atoms. The minimum Gasteiger partial charge on any atom is -0.495 e. The monoisotopic (exact) mass is 526 g/mol. The number of nitrogens with two attached hydrogens (primary N) is 1. The molecule has 1 aromatic heterocycles. The van der Waals surface area contributed by atoms with E-state index in [-0.39, 0.29) is 23.3 Å². The highest BCUT2D eigenvalue weighted by atomic mass is 35.5. The number of primary amides is 1. The number of carbonyl (C=O) groups excluding carboxylic acids is 3. The van der Waals surface area contributed by atoms with Crippen LogP contribution in [-0.4, -0.2) is 35.8 Å². The molecule has 3 amide bonds. The third-order valence-electron chi connectivity index (χ3n) is 4.83. The first-order valence-corrected chi connectivity index (χ1v) is 12.4. The van der Waals surface area contributed by atoms with Gasteiger partial charge in [-0.3, -0.25) is 19.3 Å². The molecule has 8 nitrogen and oxygen atoms in total. The molecule has 3 N–H and O–H groups in total. The zero-order valence-electron chi connectivity index (χ0n) is 18.4. The lowest BCUT2D eigenvalue weighted by molar-refractivity contribution is -0.114. The molecule has 3 aromatic rings. The van der Waals surface area contributed by atoms with Crippen molar-refractivity contribution in [2.24, 2.45) is 10.7 Å². The van der Waals surface area contributed by atoms with Crippen LogP contribution < -0.4 is 20.7 Å². The third kappa shape index (κ3) is 5.73. The number of anilines is 2. The molecule has 0 radical (unpaired) electrons. The fourth-order valence-corrected chi connectivity index (χ4v) is 4.88. The van der Waals surface area contributed by atoms with Gasteiger partial charge < -0.3 is 15.8 Å². The van der Waals surface area contributed by atoms with Crippen LogP contribution in [0.1, 0.15) is 15.2 Å². The van der Waals surface area contributed by atoms with Crippen LogP contribution in [0.5, 0.6) is 5.75 Å². The van der Waals surface area contributed by atoms with Crippen molar-refractivity contribution in [2.45, 2.75) is 0 Å². The maximum atomic E-state index is 13.3. The molecule has 4 rings (SSSR count). The standard InChI is InChI=1S/C24H19ClN4O4S2/c1-33-20-9-8-16(11-18(20)25)29-23(32)19(12-17-3-2-10-34-17)28-24(29)35-13-21(30)27-15-6-4-14(5-7-15)22(26)31/h2-12H,13H2,1H3,(H2,26,31)(H,27,30). The van der Waals surface area contributed by atoms with Crippen molar-refractivity contribution in [3.63, 3.8) is 0 Å². The number of hydrogen-bond donors (Lipinski definition) is 2. The molecule has 35 heavy (non-hydrogen) atoms. The second-order valence-electron chi connectivity index (χ2n) is 7.18. The van der Waals surface area contributed by atoms with E-state index >= 15 is 0 Å². The first-order valence-electron chi connectivity index (χ1n) is 10.2. The summed E-state index contributed by atoms with van der Waals surface area (Å²) < 4.78 is 5.20. The van der Waals surface area contributed by atoms with Crippen LogP contribution in [0.3, 0.4) is 0 Å². The number of hydrogen-bond acceptors (Lipinski definition) is 7. The SMILES string of the molecule is COc1ccc(N2C(=O)C(=Cc3cccs3)N=C2SCC(=O)Nc2ccc(C(N)=O)cc2)cc1Cl. The Kier molecular flexibility index (Phi) is 7.54. The van der Waals surface area contributed by atoms with Gasteiger partial charge in [-0.05, 0) is 60.0 Å². The highest BCUT2D eigenvalue weighted by molar-refractivity contribution is 8.14. The van der Waals surface area contributed by atoms with Crippen molar-refractivity contribution < 1.29 is 19.1 Å². The number of thioether (sulfide) groups is 1. The Morgan fingerprint density at radius 3 is 2.63 bits per heavy atom. The van der Waals surface area contributed by atoms with Crippen molar-refractivity contribution in [3.8, 4) is 5.75 Å². The first-order chi connectivity index (χ1) is 16.9. The fraction of sp³-hybridized carbons (Fsp3) is 0.0833. The van der Waals surface area contributed by atoms with Crippen molar-refractivity contribution in [1.29, 1.82) is 0 Å². The lowest BCUT2D eigenvalue weighted by Crippen LogP contribution is -2.31. The highest BCUT2D eigenvalue weighted by Crippen LogP contribution is 2.34. The number of benzene rings is 2. The Labute approximate surface area is 214 Å². The second-order valence-corrected chi connectivity index (χ2v) is 9.51. The van der Waals surface area contributed by atoms with E-state index in [2.05, 4.69) is 10.3 Å². The van der Waals surface area contributed by atoms with Crippen molar-refractivity contribution >= 4 is 75.0 Å². The number of amidine groups is 1. The van der Waals surface area contributed by atoms with Crippen molar-refractivity contribution in [3.05, 3.63) is 81.1 Å². The molecule has 0 saturated heterocycles. The van der Waals surface area contributed by atoms with Gasteiger partial charge in [-0.25, -0.2) is 4.99 Å². The summed E-state index contributed by atoms with van der Waals surface area (Å²) in [6.45, 7) is 0. The molecule has 0 atom stereocenters. The van der Waals surface area contributed by atoms with Gasteiger partial charge in [0, 0.05) is 16.1 Å². The van der Waals surface area contributed by atoms with E-state index in [0.29, 0.717) is 32.9 Å². The van der Waals surface area contributed by atoms with Gasteiger partial charge in [0.05, 0.1) is 23.6 Å². The number of carbonyl (C=O) groups is 3. The van der Waals surface area contributed by atoms with Crippen molar-refractivity contribution in [1.82, 2.24) is 0 Å². The Hall–Kier alpha value is -3.60. The first kappa shape index (κ1) is 24.5. The molecule has 0 fully saturated rings. The number of halogens is 1. The summed E-state index contributed by atoms with van der Waals surface area (Å²) >= 11 is 8.89. The van der Waals surface area contributed by atoms with Gasteiger partial charge in [0.1, 0.15) is 11.4 Å². The minimum atomic E-state index is -0.549. The predicted octanol–water partition coefficient (Wildman–Crippen LogP) is 4.62. The fourth-order valence-electron chi connectivity index (χ4n) is 3.17. The maximum Gasteiger partial charge on any atom is 0.283 e. The number of aliphatic imine (C=N–C) groups is 1. The second kappa shape index (κ2) is 10.8. The third-order valence-corrected chi connectivity index (χ3v) is 6.88. The van der Waals surface area contributed by atoms with E-state index in [1.165, 1.54) is 35.5 Å². The molecule has 1 aliphatic heterocycles. The van der Waals surface area contributed by atoms with Gasteiger partial charge >= 0.3 is 0 Å². The molecule has 0 unspecified atom stereocenters. The largest absolute Gasteiger partial charge is 0.495 e. The molecule has 1 aliphatic rings. The molecule has 0 aliphatic carbocycles. The van der Waals surface area contributed by atoms with Crippen LogP contribution in [0.4, 0.5) is 11.4 Å². The van der Waals surface area contributed by atoms with Gasteiger partial charge in [0.2, 0.25) is 11.8 Å². The normalized spacial score (nSPS) is 14.2. The maximum absolute atomic E-state index is 13.3. The number of nitrogens with one attached hydrogen (secondary N) is 1. The van der Waals surface area contributed by atoms with Gasteiger partial charge in [-0.15, -0.1) is 11.3 Å². The smallest absolute Gasteiger partial charge is 0.283 e. The lowest BCUT2D eigenvalue weighted by atomic mass is 10.2. The molecule has 178 valence electrons. The van der Waals surface area contributed by atoms with Gasteiger partial charge in [0.15, 0.2) is 5.17 Å². The van der Waals surface area contributed by atoms with Crippen LogP contribution >= 0.6 is 34.7 Å². The molecule has 2 aromatic carbocycles. The van der Waals surface area contributed by atoms with Crippen LogP contribution in [0.2, 0.25) is 5.02 Å². The lowest BCUT2D eigenvalue weighted by Gasteiger charge is -2.18. The summed E-state index contributed by atoms with van der Waals surface area (Å²) in [7, 11) is 1.51. The highest BCUT2D eigenvalue weighted by Gasteiger charge is 2.33. The number of amides is 3. The van der Waals surface area contributed by atoms with Gasteiger partial charge in [0.25, 0.3) is 5.91 Å². The van der Waals surface area contributed by atoms with E-state index in [9.17, 15) is 14.4 Å². The Balaban J connectivity index is 1.54. The number of thiophene rings is 1. The van der Waals surface area contributed by atoms with Crippen LogP contribution in [0.15, 0.2) is 70.7 Å². The topological polar surface area (TPSA) is 114 Å². The zero-order valence-corrected chi connectivity index (χ0v) is 20.7. The van der Waals surface area contributed by atoms with Crippen LogP contribution in [-0.2, 0) is 9.59 Å². The number of nitrogens with zero attached hydrogens (tertiary/aromatic N) is 2. The van der Waals surface area contributed by atoms with E-state index < -0.39 is 5.91 Å². The van der Waals surface area contributed by atoms with E-state index in [1.807, 2.05) is 17.5 Å². The summed E-state index contributed by atoms with van der Waals surface area (Å²) in [4.78, 5) is 43.8. The van der Waals surface area contributed by atoms with Crippen molar-refractivity contribution in [2.75, 3.05) is 23.1 Å². The van der Waals surface area contributed by atoms with Gasteiger partial charge in [-0.1, -0.05) is 29.4 Å². The summed E-state index contributed by atoms with van der Waals surface area (Å²) in [5.41, 5.74) is 6.86. The van der Waals surface area contributed by atoms with E-state index in [4.69, 9.17) is 22.1 Å². The summed E-state index contributed by atoms with van der Waals surface area (Å²) in [5, 5.41) is 5.35. The zero-order chi connectivity index (χ0) is 24.9. The quantitative estimate of drug-likeness (QED) is 0.436. The average Bonchev–Trinajstić information content (AvgIpc) is 3.46. The minimum absolute atomic E-state index is 0.00362. The number of rotatable bonds is 7. The molecule has 11 heteroatoms. The predicted molar refractivity (Wildman–Crippen MR) is 141 cm³/mol. The molecule has 0 saturated carbocycles. The van der Waals surface area contributed by atoms with Gasteiger partial charge in [-0.2, -0.15) is 0 Å². The average molecular weight is 527 g/mol. The Bertz CT molecular complexity index is 1340. The molecule has 0 spiro atoms.